The summed E-state index contributed by atoms with van der Waals surface area (Å²) in [5.74, 6) is -1.31. The highest BCUT2D eigenvalue weighted by molar-refractivity contribution is 7.89. The average molecular weight is 305 g/mol. The van der Waals surface area contributed by atoms with Crippen molar-refractivity contribution in [3.63, 3.8) is 0 Å². The lowest BCUT2D eigenvalue weighted by Gasteiger charge is -2.28. The molecule has 1 saturated heterocycles. The van der Waals surface area contributed by atoms with Gasteiger partial charge in [-0.15, -0.1) is 0 Å². The molecule has 116 valence electrons. The lowest BCUT2D eigenvalue weighted by Crippen LogP contribution is -2.48. The number of carboxylic acids is 1. The molecule has 2 fully saturated rings. The molecule has 20 heavy (non-hydrogen) atoms. The minimum Gasteiger partial charge on any atom is -0.480 e. The number of aliphatic carboxylic acids is 1. The van der Waals surface area contributed by atoms with Crippen LogP contribution in [-0.2, 0) is 19.6 Å². The molecule has 1 aliphatic carbocycles. The van der Waals surface area contributed by atoms with Crippen molar-refractivity contribution in [2.75, 3.05) is 12.4 Å². The molecule has 2 rings (SSSR count). The maximum atomic E-state index is 12.1. The summed E-state index contributed by atoms with van der Waals surface area (Å²) in [6, 6.07) is -0.998. The maximum absolute atomic E-state index is 12.1. The standard InChI is InChI=1S/C13H23NO5S/c15-13(16)12(10-5-2-1-3-6-10)14-20(17,18)9-11-7-4-8-19-11/h10-12,14H,1-9H2,(H,15,16). The Morgan fingerprint density at radius 3 is 2.45 bits per heavy atom. The molecule has 0 radical (unpaired) electrons. The van der Waals surface area contributed by atoms with Crippen LogP contribution in [0.2, 0.25) is 0 Å². The second-order valence-electron chi connectivity index (χ2n) is 5.75. The van der Waals surface area contributed by atoms with E-state index >= 15 is 0 Å². The Hall–Kier alpha value is -0.660. The van der Waals surface area contributed by atoms with E-state index in [-0.39, 0.29) is 17.8 Å². The molecule has 2 N–H and O–H groups in total. The van der Waals surface area contributed by atoms with E-state index in [9.17, 15) is 18.3 Å². The summed E-state index contributed by atoms with van der Waals surface area (Å²) >= 11 is 0. The molecule has 0 aromatic heterocycles. The normalized spacial score (nSPS) is 26.5. The second kappa shape index (κ2) is 6.87. The molecule has 0 aromatic carbocycles. The van der Waals surface area contributed by atoms with Crippen LogP contribution in [0.4, 0.5) is 0 Å². The Morgan fingerprint density at radius 2 is 1.90 bits per heavy atom. The molecule has 2 unspecified atom stereocenters. The van der Waals surface area contributed by atoms with Crippen molar-refractivity contribution in [1.29, 1.82) is 0 Å². The number of carboxylic acid groups (broad SMARTS) is 1. The first-order valence-corrected chi connectivity index (χ1v) is 8.97. The van der Waals surface area contributed by atoms with Crippen LogP contribution in [0, 0.1) is 5.92 Å². The third-order valence-corrected chi connectivity index (χ3v) is 5.55. The molecule has 0 spiro atoms. The van der Waals surface area contributed by atoms with Crippen molar-refractivity contribution >= 4 is 16.0 Å². The van der Waals surface area contributed by atoms with E-state index < -0.39 is 22.0 Å². The Bertz CT molecular complexity index is 424. The van der Waals surface area contributed by atoms with E-state index in [1.165, 1.54) is 0 Å². The van der Waals surface area contributed by atoms with Crippen LogP contribution < -0.4 is 4.72 Å². The van der Waals surface area contributed by atoms with Gasteiger partial charge in [0.1, 0.15) is 6.04 Å². The van der Waals surface area contributed by atoms with Gasteiger partial charge in [-0.2, -0.15) is 0 Å². The van der Waals surface area contributed by atoms with Gasteiger partial charge in [0.05, 0.1) is 11.9 Å². The summed E-state index contributed by atoms with van der Waals surface area (Å²) in [6.45, 7) is 0.588. The number of sulfonamides is 1. The SMILES string of the molecule is O=C(O)C(NS(=O)(=O)CC1CCCO1)C1CCCCC1. The third kappa shape index (κ3) is 4.43. The Morgan fingerprint density at radius 1 is 1.20 bits per heavy atom. The van der Waals surface area contributed by atoms with Gasteiger partial charge in [-0.1, -0.05) is 19.3 Å². The summed E-state index contributed by atoms with van der Waals surface area (Å²) in [5.41, 5.74) is 0. The molecule has 2 atom stereocenters. The first-order valence-electron chi connectivity index (χ1n) is 7.32. The predicted octanol–water partition coefficient (Wildman–Crippen LogP) is 1.12. The zero-order valence-electron chi connectivity index (χ0n) is 11.6. The predicted molar refractivity (Wildman–Crippen MR) is 73.9 cm³/mol. The fraction of sp³-hybridized carbons (Fsp3) is 0.923. The Balaban J connectivity index is 1.96. The maximum Gasteiger partial charge on any atom is 0.322 e. The molecule has 0 aromatic rings. The number of ether oxygens (including phenoxy) is 1. The Labute approximate surface area is 119 Å². The minimum atomic E-state index is -3.61. The number of nitrogens with one attached hydrogen (secondary N) is 1. The Kier molecular flexibility index (Phi) is 5.40. The average Bonchev–Trinajstić information content (AvgIpc) is 2.89. The van der Waals surface area contributed by atoms with Gasteiger partial charge in [-0.3, -0.25) is 4.79 Å². The lowest BCUT2D eigenvalue weighted by molar-refractivity contribution is -0.140. The minimum absolute atomic E-state index is 0.0967. The fourth-order valence-electron chi connectivity index (χ4n) is 3.08. The molecular weight excluding hydrogens is 282 g/mol. The number of carbonyl (C=O) groups is 1. The second-order valence-corrected chi connectivity index (χ2v) is 7.55. The van der Waals surface area contributed by atoms with E-state index in [1.807, 2.05) is 0 Å². The molecule has 6 nitrogen and oxygen atoms in total. The van der Waals surface area contributed by atoms with E-state index in [0.29, 0.717) is 6.61 Å². The van der Waals surface area contributed by atoms with Crippen molar-refractivity contribution in [2.45, 2.75) is 57.1 Å². The van der Waals surface area contributed by atoms with Crippen LogP contribution in [0.5, 0.6) is 0 Å². The van der Waals surface area contributed by atoms with Gasteiger partial charge in [0, 0.05) is 6.61 Å². The van der Waals surface area contributed by atoms with Crippen molar-refractivity contribution in [3.05, 3.63) is 0 Å². The van der Waals surface area contributed by atoms with E-state index in [1.54, 1.807) is 0 Å². The zero-order valence-corrected chi connectivity index (χ0v) is 12.4. The van der Waals surface area contributed by atoms with Crippen LogP contribution in [0.3, 0.4) is 0 Å². The van der Waals surface area contributed by atoms with Gasteiger partial charge in [0.25, 0.3) is 0 Å². The smallest absolute Gasteiger partial charge is 0.322 e. The van der Waals surface area contributed by atoms with E-state index in [0.717, 1.165) is 44.9 Å². The molecule has 1 aliphatic heterocycles. The quantitative estimate of drug-likeness (QED) is 0.767. The molecule has 0 amide bonds. The molecule has 2 aliphatic rings. The van der Waals surface area contributed by atoms with Crippen molar-refractivity contribution < 1.29 is 23.1 Å². The molecule has 7 heteroatoms. The summed E-state index contributed by atoms with van der Waals surface area (Å²) in [4.78, 5) is 11.4. The molecule has 1 saturated carbocycles. The van der Waals surface area contributed by atoms with Crippen LogP contribution >= 0.6 is 0 Å². The highest BCUT2D eigenvalue weighted by Gasteiger charge is 2.34. The number of hydrogen-bond donors (Lipinski definition) is 2. The van der Waals surface area contributed by atoms with Crippen molar-refractivity contribution in [1.82, 2.24) is 4.72 Å². The van der Waals surface area contributed by atoms with Crippen LogP contribution in [-0.4, -0.2) is 44.0 Å². The van der Waals surface area contributed by atoms with Crippen LogP contribution in [0.1, 0.15) is 44.9 Å². The number of rotatable bonds is 6. The fourth-order valence-corrected chi connectivity index (χ4v) is 4.61. The van der Waals surface area contributed by atoms with Crippen molar-refractivity contribution in [2.24, 2.45) is 5.92 Å². The highest BCUT2D eigenvalue weighted by atomic mass is 32.2. The largest absolute Gasteiger partial charge is 0.480 e. The van der Waals surface area contributed by atoms with Crippen molar-refractivity contribution in [3.8, 4) is 0 Å². The summed E-state index contributed by atoms with van der Waals surface area (Å²) in [6.07, 6.45) is 5.90. The van der Waals surface area contributed by atoms with E-state index in [2.05, 4.69) is 4.72 Å². The first-order chi connectivity index (χ1) is 9.48. The van der Waals surface area contributed by atoms with Gasteiger partial charge in [0.2, 0.25) is 10.0 Å². The van der Waals surface area contributed by atoms with Crippen LogP contribution in [0.15, 0.2) is 0 Å². The topological polar surface area (TPSA) is 92.7 Å². The van der Waals surface area contributed by atoms with Gasteiger partial charge >= 0.3 is 5.97 Å². The highest BCUT2D eigenvalue weighted by Crippen LogP contribution is 2.27. The molecular formula is C13H23NO5S. The van der Waals surface area contributed by atoms with E-state index in [4.69, 9.17) is 4.74 Å². The third-order valence-electron chi connectivity index (χ3n) is 4.12. The summed E-state index contributed by atoms with van der Waals surface area (Å²) in [5, 5.41) is 9.29. The summed E-state index contributed by atoms with van der Waals surface area (Å²) in [7, 11) is -3.61. The first kappa shape index (κ1) is 15.7. The zero-order chi connectivity index (χ0) is 14.6. The summed E-state index contributed by atoms with van der Waals surface area (Å²) < 4.78 is 31.9. The lowest BCUT2D eigenvalue weighted by atomic mass is 9.84. The molecule has 1 heterocycles. The number of hydrogen-bond acceptors (Lipinski definition) is 4. The van der Waals surface area contributed by atoms with Gasteiger partial charge in [-0.25, -0.2) is 13.1 Å². The molecule has 0 bridgehead atoms. The monoisotopic (exact) mass is 305 g/mol. The van der Waals surface area contributed by atoms with Gasteiger partial charge in [0.15, 0.2) is 0 Å². The van der Waals surface area contributed by atoms with Crippen LogP contribution in [0.25, 0.3) is 0 Å². The van der Waals surface area contributed by atoms with Gasteiger partial charge in [-0.05, 0) is 31.6 Å². The van der Waals surface area contributed by atoms with Gasteiger partial charge < -0.3 is 9.84 Å².